The topological polar surface area (TPSA) is 46.2 Å². The SMILES string of the molecule is CC(=O)Nc1cc2c(cc1C(=O)c1ccccc1)CCC2. The number of anilines is 1. The number of nitrogens with one attached hydrogen (secondary N) is 1. The van der Waals surface area contributed by atoms with Crippen molar-refractivity contribution in [3.8, 4) is 0 Å². The highest BCUT2D eigenvalue weighted by Gasteiger charge is 2.20. The van der Waals surface area contributed by atoms with E-state index in [2.05, 4.69) is 5.32 Å². The molecule has 2 aromatic carbocycles. The average molecular weight is 279 g/mol. The van der Waals surface area contributed by atoms with Gasteiger partial charge in [0.2, 0.25) is 5.91 Å². The molecule has 2 aromatic rings. The van der Waals surface area contributed by atoms with E-state index in [1.807, 2.05) is 30.3 Å². The van der Waals surface area contributed by atoms with Gasteiger partial charge in [-0.1, -0.05) is 30.3 Å². The Morgan fingerprint density at radius 3 is 2.33 bits per heavy atom. The van der Waals surface area contributed by atoms with Crippen LogP contribution in [0.3, 0.4) is 0 Å². The van der Waals surface area contributed by atoms with Crippen molar-refractivity contribution in [3.05, 3.63) is 64.7 Å². The fourth-order valence-corrected chi connectivity index (χ4v) is 2.85. The van der Waals surface area contributed by atoms with Crippen LogP contribution in [0.25, 0.3) is 0 Å². The van der Waals surface area contributed by atoms with Crippen molar-refractivity contribution in [2.24, 2.45) is 0 Å². The fourth-order valence-electron chi connectivity index (χ4n) is 2.85. The maximum Gasteiger partial charge on any atom is 0.221 e. The summed E-state index contributed by atoms with van der Waals surface area (Å²) in [5.41, 5.74) is 4.31. The van der Waals surface area contributed by atoms with E-state index in [-0.39, 0.29) is 11.7 Å². The predicted octanol–water partition coefficient (Wildman–Crippen LogP) is 3.36. The maximum absolute atomic E-state index is 12.7. The lowest BCUT2D eigenvalue weighted by Crippen LogP contribution is -2.12. The standard InChI is InChI=1S/C18H17NO2/c1-12(20)19-17-11-15-9-5-8-14(15)10-16(17)18(21)13-6-3-2-4-7-13/h2-4,6-7,10-11H,5,8-9H2,1H3,(H,19,20). The fraction of sp³-hybridized carbons (Fsp3) is 0.222. The van der Waals surface area contributed by atoms with Crippen molar-refractivity contribution in [3.63, 3.8) is 0 Å². The van der Waals surface area contributed by atoms with Gasteiger partial charge in [-0.25, -0.2) is 0 Å². The van der Waals surface area contributed by atoms with Crippen molar-refractivity contribution in [2.75, 3.05) is 5.32 Å². The molecule has 21 heavy (non-hydrogen) atoms. The average Bonchev–Trinajstić information content (AvgIpc) is 2.93. The van der Waals surface area contributed by atoms with Crippen molar-refractivity contribution < 1.29 is 9.59 Å². The van der Waals surface area contributed by atoms with Crippen LogP contribution < -0.4 is 5.32 Å². The van der Waals surface area contributed by atoms with Crippen LogP contribution in [-0.2, 0) is 17.6 Å². The van der Waals surface area contributed by atoms with Crippen LogP contribution in [0.1, 0.15) is 40.4 Å². The summed E-state index contributed by atoms with van der Waals surface area (Å²) < 4.78 is 0. The lowest BCUT2D eigenvalue weighted by molar-refractivity contribution is -0.114. The number of aryl methyl sites for hydroxylation is 2. The van der Waals surface area contributed by atoms with E-state index < -0.39 is 0 Å². The van der Waals surface area contributed by atoms with E-state index in [1.165, 1.54) is 18.1 Å². The van der Waals surface area contributed by atoms with E-state index >= 15 is 0 Å². The molecule has 0 bridgehead atoms. The van der Waals surface area contributed by atoms with Crippen LogP contribution in [0.5, 0.6) is 0 Å². The Morgan fingerprint density at radius 1 is 1.00 bits per heavy atom. The summed E-state index contributed by atoms with van der Waals surface area (Å²) in [5.74, 6) is -0.205. The van der Waals surface area contributed by atoms with Gasteiger partial charge in [0.25, 0.3) is 0 Å². The van der Waals surface area contributed by atoms with Crippen molar-refractivity contribution in [1.29, 1.82) is 0 Å². The molecule has 0 saturated heterocycles. The minimum atomic E-state index is -0.157. The molecule has 1 amide bonds. The first kappa shape index (κ1) is 13.6. The van der Waals surface area contributed by atoms with Crippen LogP contribution in [0.4, 0.5) is 5.69 Å². The van der Waals surface area contributed by atoms with Crippen LogP contribution in [0, 0.1) is 0 Å². The highest BCUT2D eigenvalue weighted by Crippen LogP contribution is 2.30. The van der Waals surface area contributed by atoms with Gasteiger partial charge < -0.3 is 5.32 Å². The molecule has 3 rings (SSSR count). The summed E-state index contributed by atoms with van der Waals surface area (Å²) in [5, 5.41) is 2.79. The summed E-state index contributed by atoms with van der Waals surface area (Å²) in [6.07, 6.45) is 3.13. The number of carbonyl (C=O) groups excluding carboxylic acids is 2. The molecule has 0 atom stereocenters. The molecule has 0 heterocycles. The molecule has 3 nitrogen and oxygen atoms in total. The van der Waals surface area contributed by atoms with Gasteiger partial charge in [0.05, 0.1) is 5.69 Å². The number of rotatable bonds is 3. The first-order valence-electron chi connectivity index (χ1n) is 7.18. The van der Waals surface area contributed by atoms with Crippen molar-refractivity contribution in [1.82, 2.24) is 0 Å². The van der Waals surface area contributed by atoms with Crippen LogP contribution >= 0.6 is 0 Å². The number of benzene rings is 2. The molecule has 0 unspecified atom stereocenters. The Labute approximate surface area is 124 Å². The largest absolute Gasteiger partial charge is 0.326 e. The summed E-state index contributed by atoms with van der Waals surface area (Å²) in [4.78, 5) is 24.1. The van der Waals surface area contributed by atoms with E-state index in [0.29, 0.717) is 16.8 Å². The minimum absolute atomic E-state index is 0.0472. The highest BCUT2D eigenvalue weighted by molar-refractivity contribution is 6.14. The van der Waals surface area contributed by atoms with E-state index in [9.17, 15) is 9.59 Å². The third kappa shape index (κ3) is 2.72. The Bertz CT molecular complexity index is 705. The van der Waals surface area contributed by atoms with Gasteiger partial charge >= 0.3 is 0 Å². The zero-order valence-electron chi connectivity index (χ0n) is 12.0. The zero-order chi connectivity index (χ0) is 14.8. The Hall–Kier alpha value is -2.42. The van der Waals surface area contributed by atoms with Crippen LogP contribution in [0.15, 0.2) is 42.5 Å². The minimum Gasteiger partial charge on any atom is -0.326 e. The molecule has 1 N–H and O–H groups in total. The summed E-state index contributed by atoms with van der Waals surface area (Å²) in [7, 11) is 0. The van der Waals surface area contributed by atoms with E-state index in [0.717, 1.165) is 19.3 Å². The molecule has 1 aliphatic carbocycles. The number of carbonyl (C=O) groups is 2. The Balaban J connectivity index is 2.07. The summed E-state index contributed by atoms with van der Waals surface area (Å²) in [6, 6.07) is 13.1. The van der Waals surface area contributed by atoms with Gasteiger partial charge in [0.1, 0.15) is 0 Å². The molecular weight excluding hydrogens is 262 g/mol. The third-order valence-corrected chi connectivity index (χ3v) is 3.82. The molecule has 0 aromatic heterocycles. The third-order valence-electron chi connectivity index (χ3n) is 3.82. The number of amides is 1. The molecule has 1 aliphatic rings. The first-order chi connectivity index (χ1) is 10.1. The summed E-state index contributed by atoms with van der Waals surface area (Å²) in [6.45, 7) is 1.46. The molecule has 0 saturated carbocycles. The summed E-state index contributed by atoms with van der Waals surface area (Å²) >= 11 is 0. The Kier molecular flexibility index (Phi) is 3.57. The van der Waals surface area contributed by atoms with Gasteiger partial charge in [0, 0.05) is 18.1 Å². The number of fused-ring (bicyclic) bond motifs is 1. The molecule has 3 heteroatoms. The molecular formula is C18H17NO2. The molecule has 0 spiro atoms. The Morgan fingerprint density at radius 2 is 1.67 bits per heavy atom. The highest BCUT2D eigenvalue weighted by atomic mass is 16.1. The normalized spacial score (nSPS) is 12.8. The van der Waals surface area contributed by atoms with Gasteiger partial charge in [-0.2, -0.15) is 0 Å². The lowest BCUT2D eigenvalue weighted by Gasteiger charge is -2.12. The monoisotopic (exact) mass is 279 g/mol. The van der Waals surface area contributed by atoms with Crippen molar-refractivity contribution >= 4 is 17.4 Å². The second-order valence-corrected chi connectivity index (χ2v) is 5.40. The lowest BCUT2D eigenvalue weighted by atomic mass is 9.97. The van der Waals surface area contributed by atoms with Gasteiger partial charge in [0.15, 0.2) is 5.78 Å². The predicted molar refractivity (Wildman–Crippen MR) is 82.6 cm³/mol. The molecule has 106 valence electrons. The quantitative estimate of drug-likeness (QED) is 0.876. The zero-order valence-corrected chi connectivity index (χ0v) is 12.0. The van der Waals surface area contributed by atoms with E-state index in [1.54, 1.807) is 12.1 Å². The van der Waals surface area contributed by atoms with Crippen LogP contribution in [0.2, 0.25) is 0 Å². The van der Waals surface area contributed by atoms with Crippen LogP contribution in [-0.4, -0.2) is 11.7 Å². The number of hydrogen-bond donors (Lipinski definition) is 1. The molecule has 0 radical (unpaired) electrons. The van der Waals surface area contributed by atoms with Gasteiger partial charge in [-0.05, 0) is 42.5 Å². The second kappa shape index (κ2) is 5.52. The molecule has 0 aliphatic heterocycles. The maximum atomic E-state index is 12.7. The van der Waals surface area contributed by atoms with Crippen molar-refractivity contribution in [2.45, 2.75) is 26.2 Å². The molecule has 0 fully saturated rings. The number of hydrogen-bond acceptors (Lipinski definition) is 2. The number of ketones is 1. The smallest absolute Gasteiger partial charge is 0.221 e. The van der Waals surface area contributed by atoms with E-state index in [4.69, 9.17) is 0 Å². The second-order valence-electron chi connectivity index (χ2n) is 5.40. The van der Waals surface area contributed by atoms with Gasteiger partial charge in [-0.15, -0.1) is 0 Å². The van der Waals surface area contributed by atoms with Gasteiger partial charge in [-0.3, -0.25) is 9.59 Å². The first-order valence-corrected chi connectivity index (χ1v) is 7.18.